The first-order valence-corrected chi connectivity index (χ1v) is 24.8. The van der Waals surface area contributed by atoms with Gasteiger partial charge in [0.15, 0.2) is 12.1 Å². The maximum Gasteiger partial charge on any atom is 0.362 e. The van der Waals surface area contributed by atoms with E-state index in [1.807, 2.05) is 21.1 Å². The SMILES string of the molecule is CC/C=C/C/C=C/C/C=C/C/C=C/CCCCCCCCCCCCC(=O)OC(COCCC(C(=O)O)[N+](C)(C)C)COC(=O)CCCCC/C=C/C/C=C/C/C=C/C/C=C/CC. The smallest absolute Gasteiger partial charge is 0.362 e. The second kappa shape index (κ2) is 44.8. The van der Waals surface area contributed by atoms with Crippen molar-refractivity contribution in [3.8, 4) is 0 Å². The molecule has 0 fully saturated rings. The van der Waals surface area contributed by atoms with E-state index < -0.39 is 18.1 Å². The third-order valence-electron chi connectivity index (χ3n) is 10.5. The van der Waals surface area contributed by atoms with Crippen molar-refractivity contribution in [1.82, 2.24) is 0 Å². The third kappa shape index (κ3) is 43.3. The first-order chi connectivity index (χ1) is 30.6. The standard InChI is InChI=1S/C55H91NO7/c1-6-8-10-12-14-16-18-20-22-24-25-26-27-28-29-30-32-34-36-38-40-42-44-46-54(58)63-51(49-61-48-47-52(55(59)60)56(3,4)5)50-62-53(57)45-43-41-39-37-35-33-31-23-21-19-17-15-13-11-9-7-2/h8-11,14-17,20-23,25-26,33,35,51-52H,6-7,12-13,18-19,24,27-32,34,36-50H2,1-5H3/p+1/b10-8+,11-9+,16-14+,17-15+,22-20+,23-21+,26-25+,35-33+. The van der Waals surface area contributed by atoms with Crippen LogP contribution < -0.4 is 0 Å². The Bertz CT molecular complexity index is 1350. The molecule has 0 aliphatic rings. The summed E-state index contributed by atoms with van der Waals surface area (Å²) in [6, 6.07) is -0.626. The monoisotopic (exact) mass is 879 g/mol. The summed E-state index contributed by atoms with van der Waals surface area (Å²) < 4.78 is 17.3. The number of carboxylic acids is 1. The van der Waals surface area contributed by atoms with E-state index in [0.29, 0.717) is 19.3 Å². The summed E-state index contributed by atoms with van der Waals surface area (Å²) in [7, 11) is 5.51. The molecule has 0 amide bonds. The highest BCUT2D eigenvalue weighted by atomic mass is 16.6. The lowest BCUT2D eigenvalue weighted by molar-refractivity contribution is -0.887. The fraction of sp³-hybridized carbons (Fsp3) is 0.655. The summed E-state index contributed by atoms with van der Waals surface area (Å²) in [4.78, 5) is 37.1. The lowest BCUT2D eigenvalue weighted by atomic mass is 10.0. The molecule has 8 nitrogen and oxygen atoms in total. The van der Waals surface area contributed by atoms with Crippen molar-refractivity contribution < 1.29 is 38.2 Å². The van der Waals surface area contributed by atoms with Gasteiger partial charge in [-0.1, -0.05) is 169 Å². The molecule has 2 atom stereocenters. The van der Waals surface area contributed by atoms with Gasteiger partial charge in [0, 0.05) is 19.3 Å². The van der Waals surface area contributed by atoms with E-state index >= 15 is 0 Å². The molecule has 0 aliphatic heterocycles. The van der Waals surface area contributed by atoms with Crippen molar-refractivity contribution in [2.45, 2.75) is 193 Å². The Kier molecular flexibility index (Phi) is 42.2. The first-order valence-electron chi connectivity index (χ1n) is 24.8. The fourth-order valence-electron chi connectivity index (χ4n) is 6.72. The van der Waals surface area contributed by atoms with E-state index in [1.165, 1.54) is 44.9 Å². The highest BCUT2D eigenvalue weighted by molar-refractivity contribution is 5.72. The molecule has 0 spiro atoms. The maximum absolute atomic E-state index is 12.8. The highest BCUT2D eigenvalue weighted by Crippen LogP contribution is 2.14. The van der Waals surface area contributed by atoms with Gasteiger partial charge in [0.05, 0.1) is 34.4 Å². The number of rotatable bonds is 43. The molecule has 0 aliphatic carbocycles. The summed E-state index contributed by atoms with van der Waals surface area (Å²) >= 11 is 0. The molecular formula is C55H92NO7+. The van der Waals surface area contributed by atoms with Gasteiger partial charge in [0.2, 0.25) is 0 Å². The molecule has 0 saturated carbocycles. The van der Waals surface area contributed by atoms with Crippen LogP contribution in [0.15, 0.2) is 97.2 Å². The van der Waals surface area contributed by atoms with Crippen LogP contribution in [0, 0.1) is 0 Å². The predicted molar refractivity (Wildman–Crippen MR) is 266 cm³/mol. The van der Waals surface area contributed by atoms with Crippen molar-refractivity contribution in [2.75, 3.05) is 41.0 Å². The zero-order chi connectivity index (χ0) is 46.3. The van der Waals surface area contributed by atoms with Crippen molar-refractivity contribution in [1.29, 1.82) is 0 Å². The van der Waals surface area contributed by atoms with Crippen molar-refractivity contribution in [2.24, 2.45) is 0 Å². The Morgan fingerprint density at radius 1 is 0.476 bits per heavy atom. The van der Waals surface area contributed by atoms with E-state index in [4.69, 9.17) is 14.2 Å². The molecule has 63 heavy (non-hydrogen) atoms. The molecule has 0 heterocycles. The predicted octanol–water partition coefficient (Wildman–Crippen LogP) is 14.2. The number of carbonyl (C=O) groups excluding carboxylic acids is 2. The molecule has 0 rings (SSSR count). The van der Waals surface area contributed by atoms with Crippen LogP contribution >= 0.6 is 0 Å². The number of likely N-dealkylation sites (N-methyl/N-ethyl adjacent to an activating group) is 1. The number of carbonyl (C=O) groups is 3. The Hall–Kier alpha value is -3.75. The molecule has 0 saturated heterocycles. The van der Waals surface area contributed by atoms with E-state index in [-0.39, 0.29) is 36.2 Å². The van der Waals surface area contributed by atoms with Crippen LogP contribution in [0.3, 0.4) is 0 Å². The lowest BCUT2D eigenvalue weighted by Gasteiger charge is -2.31. The van der Waals surface area contributed by atoms with Crippen molar-refractivity contribution >= 4 is 17.9 Å². The van der Waals surface area contributed by atoms with Crippen LogP contribution in [0.2, 0.25) is 0 Å². The zero-order valence-electron chi connectivity index (χ0n) is 40.7. The zero-order valence-corrected chi connectivity index (χ0v) is 40.7. The van der Waals surface area contributed by atoms with Gasteiger partial charge >= 0.3 is 17.9 Å². The van der Waals surface area contributed by atoms with Gasteiger partial charge in [0.1, 0.15) is 6.61 Å². The molecule has 0 aromatic heterocycles. The number of hydrogen-bond donors (Lipinski definition) is 1. The van der Waals surface area contributed by atoms with Crippen LogP contribution in [-0.2, 0) is 28.6 Å². The van der Waals surface area contributed by atoms with Gasteiger partial charge in [0.25, 0.3) is 0 Å². The van der Waals surface area contributed by atoms with Crippen LogP contribution in [0.25, 0.3) is 0 Å². The number of quaternary nitrogens is 1. The molecule has 1 N–H and O–H groups in total. The summed E-state index contributed by atoms with van der Waals surface area (Å²) in [5.41, 5.74) is 0. The van der Waals surface area contributed by atoms with E-state index in [2.05, 4.69) is 111 Å². The van der Waals surface area contributed by atoms with Gasteiger partial charge in [-0.05, 0) is 89.9 Å². The normalized spacial score (nSPS) is 13.7. The minimum atomic E-state index is -0.884. The number of nitrogens with zero attached hydrogens (tertiary/aromatic N) is 1. The summed E-state index contributed by atoms with van der Waals surface area (Å²) in [6.07, 6.45) is 60.3. The molecule has 0 aromatic rings. The number of allylic oxidation sites excluding steroid dienone is 16. The van der Waals surface area contributed by atoms with Gasteiger partial charge in [-0.2, -0.15) is 0 Å². The van der Waals surface area contributed by atoms with Crippen LogP contribution in [0.5, 0.6) is 0 Å². The Balaban J connectivity index is 4.31. The van der Waals surface area contributed by atoms with Gasteiger partial charge in [-0.15, -0.1) is 0 Å². The molecule has 0 bridgehead atoms. The average Bonchev–Trinajstić information content (AvgIpc) is 3.24. The second-order valence-corrected chi connectivity index (χ2v) is 17.3. The summed E-state index contributed by atoms with van der Waals surface area (Å²) in [6.45, 7) is 4.46. The van der Waals surface area contributed by atoms with E-state index in [1.54, 1.807) is 0 Å². The molecule has 358 valence electrons. The molecule has 2 unspecified atom stereocenters. The van der Waals surface area contributed by atoms with Crippen LogP contribution in [0.1, 0.15) is 181 Å². The second-order valence-electron chi connectivity index (χ2n) is 17.3. The highest BCUT2D eigenvalue weighted by Gasteiger charge is 2.31. The number of hydrogen-bond acceptors (Lipinski definition) is 6. The number of carboxylic acid groups (broad SMARTS) is 1. The molecule has 8 heteroatoms. The van der Waals surface area contributed by atoms with Crippen LogP contribution in [-0.4, -0.2) is 80.6 Å². The summed E-state index contributed by atoms with van der Waals surface area (Å²) in [5.74, 6) is -1.52. The van der Waals surface area contributed by atoms with E-state index in [9.17, 15) is 19.5 Å². The quantitative estimate of drug-likeness (QED) is 0.0282. The molecular weight excluding hydrogens is 787 g/mol. The van der Waals surface area contributed by atoms with Gasteiger partial charge in [-0.25, -0.2) is 4.79 Å². The minimum absolute atomic E-state index is 0.0435. The first kappa shape index (κ1) is 59.2. The maximum atomic E-state index is 12.8. The third-order valence-corrected chi connectivity index (χ3v) is 10.5. The van der Waals surface area contributed by atoms with E-state index in [0.717, 1.165) is 103 Å². The van der Waals surface area contributed by atoms with Gasteiger partial charge < -0.3 is 23.8 Å². The number of unbranched alkanes of at least 4 members (excludes halogenated alkanes) is 13. The number of aliphatic carboxylic acids is 1. The van der Waals surface area contributed by atoms with Gasteiger partial charge in [-0.3, -0.25) is 9.59 Å². The van der Waals surface area contributed by atoms with Crippen molar-refractivity contribution in [3.63, 3.8) is 0 Å². The topological polar surface area (TPSA) is 99.1 Å². The fourth-order valence-corrected chi connectivity index (χ4v) is 6.72. The minimum Gasteiger partial charge on any atom is -0.477 e. The largest absolute Gasteiger partial charge is 0.477 e. The number of ether oxygens (including phenoxy) is 3. The summed E-state index contributed by atoms with van der Waals surface area (Å²) in [5, 5.41) is 9.65. The Morgan fingerprint density at radius 2 is 0.841 bits per heavy atom. The molecule has 0 radical (unpaired) electrons. The number of esters is 2. The van der Waals surface area contributed by atoms with Crippen molar-refractivity contribution in [3.05, 3.63) is 97.2 Å². The average molecular weight is 879 g/mol. The Morgan fingerprint density at radius 3 is 1.25 bits per heavy atom. The lowest BCUT2D eigenvalue weighted by Crippen LogP contribution is -2.50. The Labute approximate surface area is 386 Å². The van der Waals surface area contributed by atoms with Crippen LogP contribution in [0.4, 0.5) is 0 Å². The molecule has 0 aromatic carbocycles.